The quantitative estimate of drug-likeness (QED) is 0.606. The maximum absolute atomic E-state index is 10.2. The number of aliphatic hydroxyl groups is 1. The lowest BCUT2D eigenvalue weighted by atomic mass is 9.82. The lowest BCUT2D eigenvalue weighted by Gasteiger charge is -2.34. The topological polar surface area (TPSA) is 90.3 Å². The van der Waals surface area contributed by atoms with Crippen molar-refractivity contribution in [2.75, 3.05) is 24.5 Å². The van der Waals surface area contributed by atoms with Gasteiger partial charge < -0.3 is 15.3 Å². The molecule has 0 amide bonds. The molecule has 0 spiro atoms. The van der Waals surface area contributed by atoms with Crippen molar-refractivity contribution in [1.82, 2.24) is 30.9 Å². The van der Waals surface area contributed by atoms with Gasteiger partial charge in [-0.3, -0.25) is 10.1 Å². The van der Waals surface area contributed by atoms with E-state index in [-0.39, 0.29) is 12.1 Å². The number of aromatic nitrogens is 3. The van der Waals surface area contributed by atoms with Crippen LogP contribution in [0, 0.1) is 5.92 Å². The molecule has 5 rings (SSSR count). The van der Waals surface area contributed by atoms with E-state index in [0.29, 0.717) is 24.5 Å². The highest BCUT2D eigenvalue weighted by atomic mass is 16.3. The lowest BCUT2D eigenvalue weighted by Crippen LogP contribution is -2.46. The lowest BCUT2D eigenvalue weighted by molar-refractivity contribution is 0.174. The molecule has 8 nitrogen and oxygen atoms in total. The number of pyridine rings is 1. The van der Waals surface area contributed by atoms with Gasteiger partial charge in [-0.1, -0.05) is 6.07 Å². The summed E-state index contributed by atoms with van der Waals surface area (Å²) in [5.41, 5.74) is 9.34. The van der Waals surface area contributed by atoms with Gasteiger partial charge in [0.1, 0.15) is 5.82 Å². The number of nitrogens with one attached hydrogen (secondary N) is 3. The average molecular weight is 412 g/mol. The summed E-state index contributed by atoms with van der Waals surface area (Å²) in [6, 6.07) is 7.20. The van der Waals surface area contributed by atoms with Crippen molar-refractivity contribution in [2.24, 2.45) is 5.92 Å². The van der Waals surface area contributed by atoms with Crippen molar-refractivity contribution < 1.29 is 5.11 Å². The van der Waals surface area contributed by atoms with E-state index in [1.54, 1.807) is 0 Å². The van der Waals surface area contributed by atoms with E-state index in [1.807, 2.05) is 10.9 Å². The number of aryl methyl sites for hydroxylation is 1. The molecule has 5 atom stereocenters. The van der Waals surface area contributed by atoms with Crippen LogP contribution in [0.15, 0.2) is 30.6 Å². The molecular formula is C22H33N7O. The molecule has 3 saturated heterocycles. The molecule has 0 bridgehead atoms. The highest BCUT2D eigenvalue weighted by Crippen LogP contribution is 2.38. The molecule has 30 heavy (non-hydrogen) atoms. The first-order valence-corrected chi connectivity index (χ1v) is 11.4. The van der Waals surface area contributed by atoms with E-state index in [9.17, 15) is 5.11 Å². The number of piperidine rings is 1. The molecule has 4 N–H and O–H groups in total. The Kier molecular flexibility index (Phi) is 5.73. The number of fused-ring (bicyclic) bond motifs is 1. The number of hydrazine groups is 1. The first kappa shape index (κ1) is 19.9. The summed E-state index contributed by atoms with van der Waals surface area (Å²) >= 11 is 0. The van der Waals surface area contributed by atoms with Gasteiger partial charge in [0.15, 0.2) is 0 Å². The van der Waals surface area contributed by atoms with Gasteiger partial charge in [-0.15, -0.1) is 0 Å². The van der Waals surface area contributed by atoms with Crippen molar-refractivity contribution in [3.05, 3.63) is 41.9 Å². The Balaban J connectivity index is 1.34. The van der Waals surface area contributed by atoms with Crippen LogP contribution in [0.5, 0.6) is 0 Å². The van der Waals surface area contributed by atoms with Crippen LogP contribution in [0.3, 0.4) is 0 Å². The second-order valence-electron chi connectivity index (χ2n) is 8.88. The minimum atomic E-state index is -0.261. The molecule has 8 heteroatoms. The van der Waals surface area contributed by atoms with Crippen LogP contribution in [0.2, 0.25) is 0 Å². The molecule has 0 aliphatic carbocycles. The molecule has 3 aliphatic rings. The van der Waals surface area contributed by atoms with Crippen molar-refractivity contribution >= 4 is 5.82 Å². The number of hydrogen-bond acceptors (Lipinski definition) is 7. The predicted molar refractivity (Wildman–Crippen MR) is 116 cm³/mol. The van der Waals surface area contributed by atoms with E-state index >= 15 is 0 Å². The van der Waals surface area contributed by atoms with Crippen LogP contribution < -0.4 is 21.1 Å². The third-order valence-corrected chi connectivity index (χ3v) is 6.89. The standard InChI is InChI=1S/C22H33N7O/c1-2-29-13-15(11-24-29)19-10-17-20(12-23-19)26-27-22(17)18-7-5-8-21(25-18)28-9-4-3-6-16(30)14-28/h5,7-8,11,13,16-17,19-20,22-23,26-27,30H,2-4,6,9-10,12,14H2,1H3/t16-,17?,19?,20?,22?/m1/s1. The van der Waals surface area contributed by atoms with E-state index in [4.69, 9.17) is 4.98 Å². The molecule has 3 fully saturated rings. The zero-order chi connectivity index (χ0) is 20.5. The number of nitrogens with zero attached hydrogens (tertiary/aromatic N) is 4. The third-order valence-electron chi connectivity index (χ3n) is 6.89. The zero-order valence-corrected chi connectivity index (χ0v) is 17.7. The second kappa shape index (κ2) is 8.63. The molecule has 0 saturated carbocycles. The summed E-state index contributed by atoms with van der Waals surface area (Å²) in [7, 11) is 0. The predicted octanol–water partition coefficient (Wildman–Crippen LogP) is 1.52. The van der Waals surface area contributed by atoms with Crippen LogP contribution in [0.25, 0.3) is 0 Å². The molecule has 2 aromatic heterocycles. The highest BCUT2D eigenvalue weighted by molar-refractivity contribution is 5.40. The molecule has 5 heterocycles. The van der Waals surface area contributed by atoms with Crippen molar-refractivity contribution in [3.63, 3.8) is 0 Å². The summed E-state index contributed by atoms with van der Waals surface area (Å²) in [4.78, 5) is 7.28. The van der Waals surface area contributed by atoms with Crippen LogP contribution in [-0.2, 0) is 6.54 Å². The fourth-order valence-corrected chi connectivity index (χ4v) is 5.17. The molecule has 0 radical (unpaired) electrons. The minimum absolute atomic E-state index is 0.178. The molecule has 3 aliphatic heterocycles. The van der Waals surface area contributed by atoms with Gasteiger partial charge in [-0.2, -0.15) is 5.10 Å². The number of aliphatic hydroxyl groups excluding tert-OH is 1. The minimum Gasteiger partial charge on any atom is -0.391 e. The zero-order valence-electron chi connectivity index (χ0n) is 17.7. The van der Waals surface area contributed by atoms with E-state index < -0.39 is 0 Å². The van der Waals surface area contributed by atoms with E-state index in [1.165, 1.54) is 5.56 Å². The van der Waals surface area contributed by atoms with Crippen molar-refractivity contribution in [3.8, 4) is 0 Å². The number of anilines is 1. The second-order valence-corrected chi connectivity index (χ2v) is 8.88. The van der Waals surface area contributed by atoms with Crippen LogP contribution in [0.4, 0.5) is 5.82 Å². The molecule has 162 valence electrons. The molecule has 2 aromatic rings. The van der Waals surface area contributed by atoms with Crippen LogP contribution >= 0.6 is 0 Å². The average Bonchev–Trinajstić information content (AvgIpc) is 3.37. The van der Waals surface area contributed by atoms with Gasteiger partial charge in [0.2, 0.25) is 0 Å². The molecule has 0 aromatic carbocycles. The molecular weight excluding hydrogens is 378 g/mol. The summed E-state index contributed by atoms with van der Waals surface area (Å²) in [5, 5.41) is 18.3. The van der Waals surface area contributed by atoms with E-state index in [2.05, 4.69) is 57.5 Å². The smallest absolute Gasteiger partial charge is 0.128 e. The molecule has 4 unspecified atom stereocenters. The number of rotatable bonds is 4. The number of β-amino-alcohol motifs (C(OH)–C–C–N with tert-alkyl or cyclic N) is 1. The van der Waals surface area contributed by atoms with Gasteiger partial charge in [0.25, 0.3) is 0 Å². The van der Waals surface area contributed by atoms with Gasteiger partial charge in [-0.05, 0) is 44.7 Å². The maximum atomic E-state index is 10.2. The Bertz CT molecular complexity index is 856. The highest BCUT2D eigenvalue weighted by Gasteiger charge is 2.42. The normalized spacial score (nSPS) is 32.1. The Morgan fingerprint density at radius 1 is 1.23 bits per heavy atom. The largest absolute Gasteiger partial charge is 0.391 e. The Morgan fingerprint density at radius 2 is 2.17 bits per heavy atom. The Morgan fingerprint density at radius 3 is 3.03 bits per heavy atom. The Hall–Kier alpha value is -2.00. The fourth-order valence-electron chi connectivity index (χ4n) is 5.17. The van der Waals surface area contributed by atoms with Crippen molar-refractivity contribution in [1.29, 1.82) is 0 Å². The van der Waals surface area contributed by atoms with Gasteiger partial charge in [0.05, 0.1) is 24.0 Å². The van der Waals surface area contributed by atoms with Crippen LogP contribution in [0.1, 0.15) is 55.9 Å². The first-order chi connectivity index (χ1) is 14.7. The van der Waals surface area contributed by atoms with Crippen molar-refractivity contribution in [2.45, 2.75) is 63.4 Å². The summed E-state index contributed by atoms with van der Waals surface area (Å²) in [6.07, 6.45) is 8.01. The summed E-state index contributed by atoms with van der Waals surface area (Å²) < 4.78 is 1.99. The Labute approximate surface area is 178 Å². The first-order valence-electron chi connectivity index (χ1n) is 11.4. The monoisotopic (exact) mass is 411 g/mol. The fraction of sp³-hybridized carbons (Fsp3) is 0.636. The summed E-state index contributed by atoms with van der Waals surface area (Å²) in [5.74, 6) is 1.44. The summed E-state index contributed by atoms with van der Waals surface area (Å²) in [6.45, 7) is 5.57. The van der Waals surface area contributed by atoms with Gasteiger partial charge in [0, 0.05) is 55.9 Å². The third kappa shape index (κ3) is 3.97. The van der Waals surface area contributed by atoms with Gasteiger partial charge >= 0.3 is 0 Å². The van der Waals surface area contributed by atoms with Crippen LogP contribution in [-0.4, -0.2) is 51.7 Å². The number of hydrogen-bond donors (Lipinski definition) is 4. The van der Waals surface area contributed by atoms with Gasteiger partial charge in [-0.25, -0.2) is 10.4 Å². The SMILES string of the molecule is CCn1cc(C2CC3C(CN2)NNC3c2cccc(N3CCCC[C@@H](O)C3)n2)cn1. The van der Waals surface area contributed by atoms with E-state index in [0.717, 1.165) is 56.8 Å². The maximum Gasteiger partial charge on any atom is 0.128 e.